The number of aldehydes is 1. The summed E-state index contributed by atoms with van der Waals surface area (Å²) in [7, 11) is 1.70. The van der Waals surface area contributed by atoms with Gasteiger partial charge in [0.25, 0.3) is 5.91 Å². The average Bonchev–Trinajstić information content (AvgIpc) is 3.42. The van der Waals surface area contributed by atoms with Crippen molar-refractivity contribution in [3.63, 3.8) is 0 Å². The molecule has 1 aromatic heterocycles. The molecule has 1 saturated heterocycles. The Balaban J connectivity index is 1.02. The minimum absolute atomic E-state index is 0.0538. The van der Waals surface area contributed by atoms with Crippen LogP contribution in [-0.2, 0) is 9.59 Å². The van der Waals surface area contributed by atoms with Crippen molar-refractivity contribution in [2.45, 2.75) is 38.1 Å². The Kier molecular flexibility index (Phi) is 10.5. The molecule has 3 aromatic carbocycles. The van der Waals surface area contributed by atoms with E-state index in [0.29, 0.717) is 49.4 Å². The van der Waals surface area contributed by atoms with Crippen LogP contribution in [0.3, 0.4) is 0 Å². The molecule has 226 valence electrons. The van der Waals surface area contributed by atoms with E-state index in [9.17, 15) is 9.59 Å². The Hall–Kier alpha value is -4.08. The van der Waals surface area contributed by atoms with Crippen LogP contribution in [0.15, 0.2) is 65.8 Å². The summed E-state index contributed by atoms with van der Waals surface area (Å²) in [4.78, 5) is 28.9. The molecule has 0 radical (unpaired) electrons. The van der Waals surface area contributed by atoms with Gasteiger partial charge < -0.3 is 34.9 Å². The van der Waals surface area contributed by atoms with Crippen LogP contribution in [-0.4, -0.2) is 73.7 Å². The number of fused-ring (bicyclic) bond motifs is 3. The number of ether oxygens (including phenoxy) is 2. The lowest BCUT2D eigenvalue weighted by Gasteiger charge is -2.32. The smallest absolute Gasteiger partial charge is 0.260 e. The van der Waals surface area contributed by atoms with Crippen LogP contribution in [0, 0.1) is 0 Å². The summed E-state index contributed by atoms with van der Waals surface area (Å²) >= 11 is 6.43. The molecule has 0 spiro atoms. The number of carbonyl (C=O) groups excluding carboxylic acids is 2. The molecule has 1 aliphatic rings. The summed E-state index contributed by atoms with van der Waals surface area (Å²) in [6, 6.07) is 20.1. The number of likely N-dealkylation sites (tertiary alicyclic amines) is 1. The number of piperidine rings is 1. The number of para-hydroxylation sites is 1. The number of halogens is 1. The molecule has 1 aliphatic heterocycles. The third-order valence-electron chi connectivity index (χ3n) is 7.71. The zero-order chi connectivity index (χ0) is 30.0. The Morgan fingerprint density at radius 1 is 1.07 bits per heavy atom. The van der Waals surface area contributed by atoms with E-state index in [2.05, 4.69) is 39.0 Å². The van der Waals surface area contributed by atoms with Crippen LogP contribution in [0.25, 0.3) is 21.8 Å². The van der Waals surface area contributed by atoms with Crippen molar-refractivity contribution in [1.29, 1.82) is 0 Å². The maximum absolute atomic E-state index is 12.8. The lowest BCUT2D eigenvalue weighted by molar-refractivity contribution is -0.134. The van der Waals surface area contributed by atoms with Gasteiger partial charge in [-0.2, -0.15) is 5.10 Å². The third kappa shape index (κ3) is 7.66. The van der Waals surface area contributed by atoms with Gasteiger partial charge in [-0.1, -0.05) is 35.9 Å². The van der Waals surface area contributed by atoms with Gasteiger partial charge in [0.1, 0.15) is 17.8 Å². The van der Waals surface area contributed by atoms with E-state index in [1.54, 1.807) is 19.2 Å². The lowest BCUT2D eigenvalue weighted by atomic mass is 10.0. The van der Waals surface area contributed by atoms with E-state index in [-0.39, 0.29) is 12.5 Å². The summed E-state index contributed by atoms with van der Waals surface area (Å²) < 4.78 is 11.9. The van der Waals surface area contributed by atoms with Gasteiger partial charge in [0, 0.05) is 48.9 Å². The number of nitrogens with one attached hydrogen (secondary N) is 3. The van der Waals surface area contributed by atoms with Crippen LogP contribution in [0.5, 0.6) is 11.5 Å². The van der Waals surface area contributed by atoms with Crippen LogP contribution in [0.2, 0.25) is 5.02 Å². The molecule has 0 atom stereocenters. The highest BCUT2D eigenvalue weighted by Gasteiger charge is 2.23. The number of rotatable bonds is 14. The summed E-state index contributed by atoms with van der Waals surface area (Å²) in [6.45, 7) is 2.79. The zero-order valence-corrected chi connectivity index (χ0v) is 25.2. The predicted molar refractivity (Wildman–Crippen MR) is 171 cm³/mol. The maximum Gasteiger partial charge on any atom is 0.260 e. The molecule has 1 fully saturated rings. The van der Waals surface area contributed by atoms with Gasteiger partial charge in [0.15, 0.2) is 6.61 Å². The van der Waals surface area contributed by atoms with Gasteiger partial charge in [0.05, 0.1) is 22.9 Å². The Bertz CT molecular complexity index is 1580. The minimum atomic E-state index is -0.0692. The van der Waals surface area contributed by atoms with Crippen LogP contribution in [0.1, 0.15) is 37.7 Å². The number of nitrogens with zero attached hydrogens (tertiary/aromatic N) is 2. The summed E-state index contributed by atoms with van der Waals surface area (Å²) in [5, 5.41) is 10.6. The first-order chi connectivity index (χ1) is 21.1. The quantitative estimate of drug-likeness (QED) is 0.0781. The molecule has 1 amide bonds. The van der Waals surface area contributed by atoms with Gasteiger partial charge in [-0.05, 0) is 74.2 Å². The highest BCUT2D eigenvalue weighted by molar-refractivity contribution is 6.32. The van der Waals surface area contributed by atoms with Gasteiger partial charge in [-0.15, -0.1) is 0 Å². The summed E-state index contributed by atoms with van der Waals surface area (Å²) in [5.74, 6) is 1.29. The molecule has 0 unspecified atom stereocenters. The SMILES string of the molecule is CN/N=C(\CCC=O)c1ccc(OCC(=O)N2CCC(NCCCOc3cccc4[nH]c5ccccc5c34)CC2)c(Cl)c1. The molecule has 0 aliphatic carbocycles. The Morgan fingerprint density at radius 3 is 2.67 bits per heavy atom. The first-order valence-corrected chi connectivity index (χ1v) is 15.2. The minimum Gasteiger partial charge on any atom is -0.493 e. The number of benzene rings is 3. The normalized spacial score (nSPS) is 14.3. The fourth-order valence-corrected chi connectivity index (χ4v) is 5.74. The van der Waals surface area contributed by atoms with Crippen molar-refractivity contribution >= 4 is 51.3 Å². The van der Waals surface area contributed by atoms with Crippen molar-refractivity contribution in [3.8, 4) is 11.5 Å². The topological polar surface area (TPSA) is 108 Å². The molecule has 3 N–H and O–H groups in total. The second-order valence-electron chi connectivity index (χ2n) is 10.6. The number of hydrazone groups is 1. The van der Waals surface area contributed by atoms with Crippen molar-refractivity contribution in [2.75, 3.05) is 39.9 Å². The number of aromatic amines is 1. The number of H-pyrrole nitrogens is 1. The fraction of sp³-hybridized carbons (Fsp3) is 0.364. The van der Waals surface area contributed by atoms with E-state index < -0.39 is 0 Å². The Morgan fingerprint density at radius 2 is 1.88 bits per heavy atom. The van der Waals surface area contributed by atoms with Crippen molar-refractivity contribution in [2.24, 2.45) is 5.10 Å². The lowest BCUT2D eigenvalue weighted by Crippen LogP contribution is -2.46. The van der Waals surface area contributed by atoms with Crippen LogP contribution >= 0.6 is 11.6 Å². The standard InChI is InChI=1S/C33H38ClN5O4/c1-35-38-27(10-5-19-40)23-12-13-30(26(34)21-23)43-22-32(41)39-17-14-24(15-18-39)36-16-6-20-42-31-11-4-9-29-33(31)25-7-2-3-8-28(25)37-29/h2-4,7-9,11-13,19,21,24,35-37H,5-6,10,14-18,20,22H2,1H3/b38-27+. The molecule has 0 bridgehead atoms. The molecule has 5 rings (SSSR count). The second kappa shape index (κ2) is 14.9. The molecule has 43 heavy (non-hydrogen) atoms. The Labute approximate surface area is 256 Å². The van der Waals surface area contributed by atoms with E-state index in [0.717, 1.165) is 65.5 Å². The second-order valence-corrected chi connectivity index (χ2v) is 11.0. The van der Waals surface area contributed by atoms with E-state index in [1.807, 2.05) is 35.2 Å². The van der Waals surface area contributed by atoms with Gasteiger partial charge in [-0.3, -0.25) is 4.79 Å². The van der Waals surface area contributed by atoms with Crippen LogP contribution in [0.4, 0.5) is 0 Å². The van der Waals surface area contributed by atoms with E-state index in [1.165, 1.54) is 5.39 Å². The molecule has 2 heterocycles. The number of carbonyl (C=O) groups is 2. The van der Waals surface area contributed by atoms with Crippen molar-refractivity contribution < 1.29 is 19.1 Å². The largest absolute Gasteiger partial charge is 0.493 e. The summed E-state index contributed by atoms with van der Waals surface area (Å²) in [5.41, 5.74) is 6.48. The molecule has 10 heteroatoms. The van der Waals surface area contributed by atoms with Gasteiger partial charge >= 0.3 is 0 Å². The number of hydrogen-bond acceptors (Lipinski definition) is 7. The van der Waals surface area contributed by atoms with E-state index >= 15 is 0 Å². The number of amides is 1. The van der Waals surface area contributed by atoms with Crippen molar-refractivity contribution in [1.82, 2.24) is 20.6 Å². The monoisotopic (exact) mass is 603 g/mol. The highest BCUT2D eigenvalue weighted by Crippen LogP contribution is 2.33. The third-order valence-corrected chi connectivity index (χ3v) is 8.01. The molecule has 0 saturated carbocycles. The van der Waals surface area contributed by atoms with Crippen LogP contribution < -0.4 is 20.2 Å². The highest BCUT2D eigenvalue weighted by atomic mass is 35.5. The zero-order valence-electron chi connectivity index (χ0n) is 24.4. The molecular formula is C33H38ClN5O4. The first-order valence-electron chi connectivity index (χ1n) is 14.8. The first kappa shape index (κ1) is 30.4. The fourth-order valence-electron chi connectivity index (χ4n) is 5.51. The average molecular weight is 604 g/mol. The van der Waals surface area contributed by atoms with Crippen molar-refractivity contribution in [3.05, 3.63) is 71.2 Å². The molecule has 4 aromatic rings. The molecule has 9 nitrogen and oxygen atoms in total. The summed E-state index contributed by atoms with van der Waals surface area (Å²) in [6.07, 6.45) is 4.41. The van der Waals surface area contributed by atoms with Gasteiger partial charge in [0.2, 0.25) is 0 Å². The maximum atomic E-state index is 12.8. The van der Waals surface area contributed by atoms with E-state index in [4.69, 9.17) is 21.1 Å². The predicted octanol–water partition coefficient (Wildman–Crippen LogP) is 5.31. The number of hydrogen-bond donors (Lipinski definition) is 3. The number of aromatic nitrogens is 1. The van der Waals surface area contributed by atoms with Gasteiger partial charge in [-0.25, -0.2) is 0 Å². The molecular weight excluding hydrogens is 566 g/mol.